The highest BCUT2D eigenvalue weighted by molar-refractivity contribution is 5.22. The molecule has 0 N–H and O–H groups in total. The van der Waals surface area contributed by atoms with Crippen molar-refractivity contribution in [1.82, 2.24) is 4.90 Å². The monoisotopic (exact) mass is 203 g/mol. The van der Waals surface area contributed by atoms with Gasteiger partial charge in [0, 0.05) is 0 Å². The van der Waals surface area contributed by atoms with Gasteiger partial charge in [-0.3, -0.25) is 0 Å². The normalized spacial score (nSPS) is 19.3. The minimum Gasteiger partial charge on any atom is -0.306 e. The molecule has 15 heavy (non-hydrogen) atoms. The third-order valence-electron chi connectivity index (χ3n) is 3.44. The molecule has 1 heterocycles. The van der Waals surface area contributed by atoms with E-state index >= 15 is 0 Å². The second-order valence-corrected chi connectivity index (χ2v) is 4.94. The van der Waals surface area contributed by atoms with Crippen molar-refractivity contribution in [2.45, 2.75) is 26.2 Å². The van der Waals surface area contributed by atoms with Gasteiger partial charge >= 0.3 is 0 Å². The molecule has 1 saturated heterocycles. The topological polar surface area (TPSA) is 3.24 Å². The van der Waals surface area contributed by atoms with Gasteiger partial charge in [-0.2, -0.15) is 0 Å². The molecule has 82 valence electrons. The summed E-state index contributed by atoms with van der Waals surface area (Å²) >= 11 is 0. The van der Waals surface area contributed by atoms with Crippen LogP contribution in [0.4, 0.5) is 0 Å². The second kappa shape index (κ2) is 4.80. The highest BCUT2D eigenvalue weighted by Gasteiger charge is 2.16. The molecule has 0 spiro atoms. The van der Waals surface area contributed by atoms with E-state index in [0.29, 0.717) is 0 Å². The van der Waals surface area contributed by atoms with Gasteiger partial charge in [-0.1, -0.05) is 29.8 Å². The van der Waals surface area contributed by atoms with E-state index in [2.05, 4.69) is 43.1 Å². The Balaban J connectivity index is 1.92. The summed E-state index contributed by atoms with van der Waals surface area (Å²) in [7, 11) is 2.23. The summed E-state index contributed by atoms with van der Waals surface area (Å²) in [6.45, 7) is 4.73. The van der Waals surface area contributed by atoms with Gasteiger partial charge in [-0.05, 0) is 57.8 Å². The highest BCUT2D eigenvalue weighted by atomic mass is 15.1. The van der Waals surface area contributed by atoms with Crippen molar-refractivity contribution in [3.63, 3.8) is 0 Å². The largest absolute Gasteiger partial charge is 0.306 e. The average molecular weight is 203 g/mol. The summed E-state index contributed by atoms with van der Waals surface area (Å²) < 4.78 is 0. The van der Waals surface area contributed by atoms with E-state index in [1.54, 1.807) is 0 Å². The highest BCUT2D eigenvalue weighted by Crippen LogP contribution is 2.21. The van der Waals surface area contributed by atoms with Crippen molar-refractivity contribution in [1.29, 1.82) is 0 Å². The third kappa shape index (κ3) is 3.07. The fourth-order valence-electron chi connectivity index (χ4n) is 2.44. The molecule has 0 amide bonds. The molecule has 1 aliphatic heterocycles. The number of hydrogen-bond donors (Lipinski definition) is 0. The second-order valence-electron chi connectivity index (χ2n) is 4.94. The van der Waals surface area contributed by atoms with Crippen LogP contribution in [0.15, 0.2) is 24.3 Å². The van der Waals surface area contributed by atoms with Crippen molar-refractivity contribution in [2.24, 2.45) is 5.92 Å². The quantitative estimate of drug-likeness (QED) is 0.714. The Kier molecular flexibility index (Phi) is 3.42. The van der Waals surface area contributed by atoms with Crippen molar-refractivity contribution in [2.75, 3.05) is 20.1 Å². The Bertz CT molecular complexity index is 311. The lowest BCUT2D eigenvalue weighted by molar-refractivity contribution is 0.219. The fourth-order valence-corrected chi connectivity index (χ4v) is 2.44. The number of hydrogen-bond acceptors (Lipinski definition) is 1. The molecule has 2 rings (SSSR count). The van der Waals surface area contributed by atoms with E-state index in [0.717, 1.165) is 5.92 Å². The SMILES string of the molecule is Cc1cccc(CC2CCN(C)CC2)c1. The predicted molar refractivity (Wildman–Crippen MR) is 65.1 cm³/mol. The minimum absolute atomic E-state index is 0.906. The third-order valence-corrected chi connectivity index (χ3v) is 3.44. The van der Waals surface area contributed by atoms with Crippen molar-refractivity contribution in [3.8, 4) is 0 Å². The van der Waals surface area contributed by atoms with Crippen molar-refractivity contribution < 1.29 is 0 Å². The van der Waals surface area contributed by atoms with Gasteiger partial charge in [-0.15, -0.1) is 0 Å². The van der Waals surface area contributed by atoms with Crippen LogP contribution < -0.4 is 0 Å². The molecule has 1 heteroatoms. The number of rotatable bonds is 2. The van der Waals surface area contributed by atoms with Gasteiger partial charge in [0.1, 0.15) is 0 Å². The lowest BCUT2D eigenvalue weighted by atomic mass is 9.90. The summed E-state index contributed by atoms with van der Waals surface area (Å²) in [5.74, 6) is 0.906. The molecule has 1 aromatic rings. The average Bonchev–Trinajstić information content (AvgIpc) is 2.22. The Morgan fingerprint density at radius 2 is 2.00 bits per heavy atom. The molecule has 1 aliphatic rings. The van der Waals surface area contributed by atoms with Gasteiger partial charge in [0.25, 0.3) is 0 Å². The zero-order chi connectivity index (χ0) is 10.7. The van der Waals surface area contributed by atoms with Gasteiger partial charge in [0.15, 0.2) is 0 Å². The van der Waals surface area contributed by atoms with Gasteiger partial charge < -0.3 is 4.90 Å². The molecule has 0 unspecified atom stereocenters. The molecule has 0 radical (unpaired) electrons. The van der Waals surface area contributed by atoms with Crippen LogP contribution in [0.3, 0.4) is 0 Å². The van der Waals surface area contributed by atoms with Crippen molar-refractivity contribution in [3.05, 3.63) is 35.4 Å². The molecule has 0 saturated carbocycles. The summed E-state index contributed by atoms with van der Waals surface area (Å²) in [4.78, 5) is 2.44. The van der Waals surface area contributed by atoms with Crippen LogP contribution in [-0.4, -0.2) is 25.0 Å². The van der Waals surface area contributed by atoms with E-state index in [9.17, 15) is 0 Å². The number of likely N-dealkylation sites (tertiary alicyclic amines) is 1. The number of piperidine rings is 1. The Labute approximate surface area is 93.1 Å². The molecular weight excluding hydrogens is 182 g/mol. The molecule has 0 aromatic heterocycles. The van der Waals surface area contributed by atoms with Gasteiger partial charge in [-0.25, -0.2) is 0 Å². The van der Waals surface area contributed by atoms with Crippen LogP contribution in [0.1, 0.15) is 24.0 Å². The molecule has 1 nitrogen and oxygen atoms in total. The first kappa shape index (κ1) is 10.7. The summed E-state index contributed by atoms with van der Waals surface area (Å²) in [5, 5.41) is 0. The Morgan fingerprint density at radius 1 is 1.27 bits per heavy atom. The fraction of sp³-hybridized carbons (Fsp3) is 0.571. The minimum atomic E-state index is 0.906. The van der Waals surface area contributed by atoms with Crippen LogP contribution >= 0.6 is 0 Å². The zero-order valence-corrected chi connectivity index (χ0v) is 9.87. The maximum Gasteiger partial charge on any atom is -0.00190 e. The first-order valence-corrected chi connectivity index (χ1v) is 5.98. The van der Waals surface area contributed by atoms with Crippen LogP contribution in [0.5, 0.6) is 0 Å². The van der Waals surface area contributed by atoms with E-state index in [1.165, 1.54) is 43.5 Å². The lowest BCUT2D eigenvalue weighted by Gasteiger charge is -2.29. The predicted octanol–water partition coefficient (Wildman–Crippen LogP) is 2.88. The number of aryl methyl sites for hydroxylation is 1. The van der Waals surface area contributed by atoms with Crippen molar-refractivity contribution >= 4 is 0 Å². The van der Waals surface area contributed by atoms with E-state index in [-0.39, 0.29) is 0 Å². The van der Waals surface area contributed by atoms with Crippen LogP contribution in [0.25, 0.3) is 0 Å². The first-order valence-electron chi connectivity index (χ1n) is 5.98. The molecule has 1 fully saturated rings. The summed E-state index contributed by atoms with van der Waals surface area (Å²) in [6, 6.07) is 8.96. The Morgan fingerprint density at radius 3 is 2.67 bits per heavy atom. The number of benzene rings is 1. The first-order chi connectivity index (χ1) is 7.24. The number of nitrogens with zero attached hydrogens (tertiary/aromatic N) is 1. The smallest absolute Gasteiger partial charge is 0.00190 e. The van der Waals surface area contributed by atoms with E-state index in [4.69, 9.17) is 0 Å². The zero-order valence-electron chi connectivity index (χ0n) is 9.87. The molecule has 0 bridgehead atoms. The standard InChI is InChI=1S/C14H21N/c1-12-4-3-5-14(10-12)11-13-6-8-15(2)9-7-13/h3-5,10,13H,6-9,11H2,1-2H3. The summed E-state index contributed by atoms with van der Waals surface area (Å²) in [6.07, 6.45) is 4.00. The maximum absolute atomic E-state index is 2.44. The molecule has 1 aromatic carbocycles. The van der Waals surface area contributed by atoms with Gasteiger partial charge in [0.05, 0.1) is 0 Å². The summed E-state index contributed by atoms with van der Waals surface area (Å²) in [5.41, 5.74) is 2.91. The van der Waals surface area contributed by atoms with Crippen LogP contribution in [0, 0.1) is 12.8 Å². The van der Waals surface area contributed by atoms with E-state index < -0.39 is 0 Å². The van der Waals surface area contributed by atoms with E-state index in [1.807, 2.05) is 0 Å². The molecule has 0 aliphatic carbocycles. The Hall–Kier alpha value is -0.820. The van der Waals surface area contributed by atoms with Gasteiger partial charge in [0.2, 0.25) is 0 Å². The molecule has 0 atom stereocenters. The maximum atomic E-state index is 2.44. The lowest BCUT2D eigenvalue weighted by Crippen LogP contribution is -2.30. The van der Waals surface area contributed by atoms with Crippen LogP contribution in [0.2, 0.25) is 0 Å². The molecular formula is C14H21N. The van der Waals surface area contributed by atoms with Crippen LogP contribution in [-0.2, 0) is 6.42 Å².